The van der Waals surface area contributed by atoms with E-state index in [0.717, 1.165) is 48.5 Å². The van der Waals surface area contributed by atoms with Crippen LogP contribution in [0, 0.1) is 11.6 Å². The fraction of sp³-hybridized carbons (Fsp3) is 0.391. The van der Waals surface area contributed by atoms with Crippen LogP contribution in [-0.2, 0) is 13.1 Å². The third-order valence-electron chi connectivity index (χ3n) is 6.12. The van der Waals surface area contributed by atoms with Crippen LogP contribution in [0.25, 0.3) is 10.9 Å². The standard InChI is InChI=1S/C23H27ClN6O2S/c1-4-30-22(33)16-6-5-15(19(24)20(16)27-23(30)32)13-28-9-11-29(12-10-28)18-8-7-17(21(31)25-3)26-14(18)2/h5-8H,4,9-13H2,1-3H3,(H,25,31)(H,27,32). The predicted molar refractivity (Wildman–Crippen MR) is 134 cm³/mol. The lowest BCUT2D eigenvalue weighted by atomic mass is 10.1. The second-order valence-electron chi connectivity index (χ2n) is 8.08. The van der Waals surface area contributed by atoms with Crippen LogP contribution < -0.4 is 15.9 Å². The van der Waals surface area contributed by atoms with Gasteiger partial charge in [-0.15, -0.1) is 0 Å². The van der Waals surface area contributed by atoms with Crippen molar-refractivity contribution >= 4 is 46.3 Å². The molecule has 2 N–H and O–H groups in total. The van der Waals surface area contributed by atoms with Gasteiger partial charge in [-0.05, 0) is 37.6 Å². The van der Waals surface area contributed by atoms with Crippen molar-refractivity contribution in [1.29, 1.82) is 0 Å². The summed E-state index contributed by atoms with van der Waals surface area (Å²) >= 11 is 12.2. The number of nitrogens with one attached hydrogen (secondary N) is 2. The van der Waals surface area contributed by atoms with Gasteiger partial charge < -0.3 is 15.2 Å². The Morgan fingerprint density at radius 3 is 2.58 bits per heavy atom. The molecule has 0 radical (unpaired) electrons. The Morgan fingerprint density at radius 2 is 1.94 bits per heavy atom. The number of aromatic nitrogens is 3. The Bertz CT molecular complexity index is 1330. The van der Waals surface area contributed by atoms with Crippen molar-refractivity contribution in [2.24, 2.45) is 0 Å². The molecule has 3 aromatic rings. The number of aromatic amines is 1. The van der Waals surface area contributed by atoms with E-state index in [1.807, 2.05) is 32.0 Å². The molecule has 1 aliphatic rings. The zero-order valence-corrected chi connectivity index (χ0v) is 20.5. The second-order valence-corrected chi connectivity index (χ2v) is 8.85. The average molecular weight is 487 g/mol. The molecule has 33 heavy (non-hydrogen) atoms. The number of aryl methyl sites for hydroxylation is 1. The Hall–Kier alpha value is -2.75. The van der Waals surface area contributed by atoms with Gasteiger partial charge in [0.05, 0.1) is 21.9 Å². The molecule has 0 atom stereocenters. The van der Waals surface area contributed by atoms with E-state index >= 15 is 0 Å². The number of nitrogens with zero attached hydrogens (tertiary/aromatic N) is 4. The van der Waals surface area contributed by atoms with E-state index in [1.54, 1.807) is 13.1 Å². The van der Waals surface area contributed by atoms with Gasteiger partial charge in [0, 0.05) is 51.7 Å². The maximum atomic E-state index is 12.4. The molecule has 1 aliphatic heterocycles. The summed E-state index contributed by atoms with van der Waals surface area (Å²) in [6.45, 7) is 8.42. The SMILES string of the molecule is CCn1c(=O)[nH]c2c(Cl)c(CN3CCN(c4ccc(C(=O)NC)nc4C)CC3)ccc2c1=S. The number of fused-ring (bicyclic) bond motifs is 1. The third kappa shape index (κ3) is 4.53. The number of carbonyl (C=O) groups is 1. The van der Waals surface area contributed by atoms with Crippen LogP contribution in [0.5, 0.6) is 0 Å². The van der Waals surface area contributed by atoms with Gasteiger partial charge in [0.1, 0.15) is 10.3 Å². The third-order valence-corrected chi connectivity index (χ3v) is 6.99. The first-order valence-electron chi connectivity index (χ1n) is 10.9. The summed E-state index contributed by atoms with van der Waals surface area (Å²) in [6.07, 6.45) is 0. The van der Waals surface area contributed by atoms with Crippen molar-refractivity contribution < 1.29 is 4.79 Å². The van der Waals surface area contributed by atoms with Gasteiger partial charge in [0.2, 0.25) is 0 Å². The fourth-order valence-electron chi connectivity index (χ4n) is 4.27. The van der Waals surface area contributed by atoms with Gasteiger partial charge >= 0.3 is 5.69 Å². The normalized spacial score (nSPS) is 14.6. The number of benzene rings is 1. The highest BCUT2D eigenvalue weighted by Gasteiger charge is 2.21. The first-order chi connectivity index (χ1) is 15.8. The van der Waals surface area contributed by atoms with Gasteiger partial charge in [0.25, 0.3) is 5.91 Å². The van der Waals surface area contributed by atoms with Gasteiger partial charge in [0.15, 0.2) is 0 Å². The highest BCUT2D eigenvalue weighted by molar-refractivity contribution is 7.71. The first-order valence-corrected chi connectivity index (χ1v) is 11.7. The number of pyridine rings is 1. The minimum atomic E-state index is -0.242. The topological polar surface area (TPSA) is 86.3 Å². The summed E-state index contributed by atoms with van der Waals surface area (Å²) in [4.78, 5) is 36.1. The van der Waals surface area contributed by atoms with Gasteiger partial charge in [-0.3, -0.25) is 14.3 Å². The zero-order valence-electron chi connectivity index (χ0n) is 18.9. The zero-order chi connectivity index (χ0) is 23.7. The number of piperazine rings is 1. The summed E-state index contributed by atoms with van der Waals surface area (Å²) < 4.78 is 2.04. The number of amides is 1. The predicted octanol–water partition coefficient (Wildman–Crippen LogP) is 3.12. The van der Waals surface area contributed by atoms with Gasteiger partial charge in [-0.25, -0.2) is 9.78 Å². The maximum Gasteiger partial charge on any atom is 0.327 e. The second kappa shape index (κ2) is 9.62. The lowest BCUT2D eigenvalue weighted by Gasteiger charge is -2.36. The number of halogens is 1. The molecule has 1 saturated heterocycles. The molecule has 0 bridgehead atoms. The molecule has 1 aromatic carbocycles. The van der Waals surface area contributed by atoms with Crippen molar-refractivity contribution in [3.8, 4) is 0 Å². The number of hydrogen-bond donors (Lipinski definition) is 2. The molecule has 3 heterocycles. The minimum absolute atomic E-state index is 0.184. The molecular weight excluding hydrogens is 460 g/mol. The Balaban J connectivity index is 1.48. The Kier molecular flexibility index (Phi) is 6.83. The average Bonchev–Trinajstić information content (AvgIpc) is 2.81. The van der Waals surface area contributed by atoms with E-state index < -0.39 is 0 Å². The first kappa shape index (κ1) is 23.4. The van der Waals surface area contributed by atoms with E-state index in [9.17, 15) is 9.59 Å². The van der Waals surface area contributed by atoms with Crippen LogP contribution in [0.3, 0.4) is 0 Å². The van der Waals surface area contributed by atoms with Crippen LogP contribution in [-0.4, -0.2) is 58.6 Å². The highest BCUT2D eigenvalue weighted by Crippen LogP contribution is 2.28. The fourth-order valence-corrected chi connectivity index (χ4v) is 4.93. The minimum Gasteiger partial charge on any atom is -0.368 e. The summed E-state index contributed by atoms with van der Waals surface area (Å²) in [5.74, 6) is -0.184. The number of anilines is 1. The van der Waals surface area contributed by atoms with Crippen molar-refractivity contribution in [2.75, 3.05) is 38.1 Å². The van der Waals surface area contributed by atoms with Crippen LogP contribution in [0.15, 0.2) is 29.1 Å². The van der Waals surface area contributed by atoms with E-state index in [-0.39, 0.29) is 11.6 Å². The molecule has 174 valence electrons. The Labute approximate surface area is 202 Å². The summed E-state index contributed by atoms with van der Waals surface area (Å²) in [6, 6.07) is 7.67. The number of rotatable bonds is 5. The van der Waals surface area contributed by atoms with Crippen molar-refractivity contribution in [1.82, 2.24) is 24.8 Å². The molecule has 8 nitrogen and oxygen atoms in total. The quantitative estimate of drug-likeness (QED) is 0.539. The van der Waals surface area contributed by atoms with Crippen LogP contribution in [0.2, 0.25) is 5.02 Å². The van der Waals surface area contributed by atoms with E-state index in [2.05, 4.69) is 25.1 Å². The van der Waals surface area contributed by atoms with Crippen molar-refractivity contribution in [3.05, 3.63) is 61.4 Å². The van der Waals surface area contributed by atoms with Crippen LogP contribution in [0.4, 0.5) is 5.69 Å². The Morgan fingerprint density at radius 1 is 1.21 bits per heavy atom. The van der Waals surface area contributed by atoms with E-state index in [0.29, 0.717) is 34.0 Å². The summed E-state index contributed by atoms with van der Waals surface area (Å²) in [5, 5.41) is 3.94. The lowest BCUT2D eigenvalue weighted by Crippen LogP contribution is -2.46. The molecule has 0 unspecified atom stereocenters. The lowest BCUT2D eigenvalue weighted by molar-refractivity contribution is 0.0958. The summed E-state index contributed by atoms with van der Waals surface area (Å²) in [5.41, 5.74) is 3.64. The van der Waals surface area contributed by atoms with E-state index in [4.69, 9.17) is 23.8 Å². The molecule has 4 rings (SSSR count). The number of carbonyl (C=O) groups excluding carboxylic acids is 1. The van der Waals surface area contributed by atoms with Crippen LogP contribution >= 0.6 is 23.8 Å². The molecule has 10 heteroatoms. The molecule has 1 fully saturated rings. The van der Waals surface area contributed by atoms with Gasteiger partial charge in [-0.2, -0.15) is 0 Å². The smallest absolute Gasteiger partial charge is 0.327 e. The maximum absolute atomic E-state index is 12.4. The molecular formula is C23H27ClN6O2S. The largest absolute Gasteiger partial charge is 0.368 e. The van der Waals surface area contributed by atoms with Crippen molar-refractivity contribution in [2.45, 2.75) is 26.9 Å². The number of hydrogen-bond acceptors (Lipinski definition) is 6. The monoisotopic (exact) mass is 486 g/mol. The van der Waals surface area contributed by atoms with Gasteiger partial charge in [-0.1, -0.05) is 29.9 Å². The molecule has 0 aliphatic carbocycles. The summed E-state index contributed by atoms with van der Waals surface area (Å²) in [7, 11) is 1.60. The van der Waals surface area contributed by atoms with Crippen molar-refractivity contribution in [3.63, 3.8) is 0 Å². The molecule has 0 spiro atoms. The van der Waals surface area contributed by atoms with E-state index in [1.165, 1.54) is 4.57 Å². The number of H-pyrrole nitrogens is 1. The molecule has 0 saturated carbocycles. The molecule has 2 aromatic heterocycles. The highest BCUT2D eigenvalue weighted by atomic mass is 35.5. The van der Waals surface area contributed by atoms with Crippen LogP contribution in [0.1, 0.15) is 28.7 Å². The molecule has 1 amide bonds.